The van der Waals surface area contributed by atoms with Crippen LogP contribution in [0.15, 0.2) is 12.1 Å². The van der Waals surface area contributed by atoms with Crippen LogP contribution < -0.4 is 10.6 Å². The second-order valence-corrected chi connectivity index (χ2v) is 9.54. The maximum Gasteiger partial charge on any atom is 0.326 e. The van der Waals surface area contributed by atoms with Gasteiger partial charge in [-0.2, -0.15) is 0 Å². The number of rotatable bonds is 13. The third-order valence-corrected chi connectivity index (χ3v) is 5.74. The van der Waals surface area contributed by atoms with Gasteiger partial charge in [-0.1, -0.05) is 26.8 Å². The number of fused-ring (bicyclic) bond motifs is 1. The van der Waals surface area contributed by atoms with E-state index in [-0.39, 0.29) is 5.91 Å². The molecule has 1 aliphatic heterocycles. The van der Waals surface area contributed by atoms with E-state index in [0.29, 0.717) is 19.6 Å². The van der Waals surface area contributed by atoms with E-state index in [0.717, 1.165) is 63.3 Å². The first-order valence-electron chi connectivity index (χ1n) is 11.7. The van der Waals surface area contributed by atoms with Gasteiger partial charge in [-0.15, -0.1) is 0 Å². The van der Waals surface area contributed by atoms with Gasteiger partial charge in [0.25, 0.3) is 0 Å². The van der Waals surface area contributed by atoms with Crippen molar-refractivity contribution in [2.75, 3.05) is 45.2 Å². The second-order valence-electron chi connectivity index (χ2n) is 9.54. The number of carbonyl (C=O) groups excluding carboxylic acids is 1. The lowest BCUT2D eigenvalue weighted by Gasteiger charge is -2.26. The molecule has 32 heavy (non-hydrogen) atoms. The molecule has 1 aromatic rings. The van der Waals surface area contributed by atoms with Gasteiger partial charge in [0.1, 0.15) is 11.9 Å². The van der Waals surface area contributed by atoms with Crippen molar-refractivity contribution in [2.24, 2.45) is 5.41 Å². The van der Waals surface area contributed by atoms with Crippen LogP contribution in [0, 0.1) is 5.41 Å². The number of aryl methyl sites for hydroxylation is 2. The van der Waals surface area contributed by atoms with E-state index in [2.05, 4.69) is 27.7 Å². The highest BCUT2D eigenvalue weighted by atomic mass is 16.5. The van der Waals surface area contributed by atoms with Gasteiger partial charge < -0.3 is 25.4 Å². The standard InChI is InChI=1S/C24H40N4O4/c1-24(2,3)23(31)27-20(22(29)30)12-15-28(16-17-32-4)14-6-5-9-19-11-10-18-8-7-13-25-21(18)26-19/h10-11,20H,5-9,12-17H2,1-4H3,(H,25,26)(H,27,31)(H,29,30)/t20-/m0/s1. The zero-order chi connectivity index (χ0) is 23.6. The number of nitrogens with one attached hydrogen (secondary N) is 2. The SMILES string of the molecule is COCCN(CCCCc1ccc2c(n1)NCCC2)CC[C@H](NC(=O)C(C)(C)C)C(=O)O. The van der Waals surface area contributed by atoms with E-state index in [1.165, 1.54) is 5.56 Å². The Kier molecular flexibility index (Phi) is 10.4. The Labute approximate surface area is 192 Å². The quantitative estimate of drug-likeness (QED) is 0.399. The van der Waals surface area contributed by atoms with E-state index in [1.54, 1.807) is 27.9 Å². The van der Waals surface area contributed by atoms with Crippen molar-refractivity contribution in [2.45, 2.75) is 65.3 Å². The van der Waals surface area contributed by atoms with Crippen molar-refractivity contribution < 1.29 is 19.4 Å². The first-order valence-corrected chi connectivity index (χ1v) is 11.7. The Hall–Kier alpha value is -2.19. The second kappa shape index (κ2) is 12.7. The lowest BCUT2D eigenvalue weighted by Crippen LogP contribution is -2.47. The highest BCUT2D eigenvalue weighted by Crippen LogP contribution is 2.20. The number of anilines is 1. The first kappa shape index (κ1) is 26.1. The largest absolute Gasteiger partial charge is 0.480 e. The third-order valence-electron chi connectivity index (χ3n) is 5.74. The molecule has 1 amide bonds. The fraction of sp³-hybridized carbons (Fsp3) is 0.708. The van der Waals surface area contributed by atoms with Crippen molar-refractivity contribution in [3.63, 3.8) is 0 Å². The Balaban J connectivity index is 1.81. The molecular weight excluding hydrogens is 408 g/mol. The molecule has 2 heterocycles. The zero-order valence-electron chi connectivity index (χ0n) is 20.1. The van der Waals surface area contributed by atoms with Gasteiger partial charge in [0.15, 0.2) is 0 Å². The van der Waals surface area contributed by atoms with Crippen molar-refractivity contribution in [3.8, 4) is 0 Å². The lowest BCUT2D eigenvalue weighted by atomic mass is 9.95. The maximum atomic E-state index is 12.2. The summed E-state index contributed by atoms with van der Waals surface area (Å²) in [5.41, 5.74) is 1.79. The van der Waals surface area contributed by atoms with E-state index in [1.807, 2.05) is 0 Å². The first-order chi connectivity index (χ1) is 15.2. The minimum atomic E-state index is -0.999. The fourth-order valence-corrected chi connectivity index (χ4v) is 3.65. The van der Waals surface area contributed by atoms with Crippen molar-refractivity contribution in [1.82, 2.24) is 15.2 Å². The third kappa shape index (κ3) is 8.74. The Morgan fingerprint density at radius 3 is 2.72 bits per heavy atom. The van der Waals surface area contributed by atoms with E-state index >= 15 is 0 Å². The van der Waals surface area contributed by atoms with Gasteiger partial charge in [-0.3, -0.25) is 4.79 Å². The normalized spacial score (nSPS) is 14.5. The molecule has 0 spiro atoms. The number of carbonyl (C=O) groups is 2. The van der Waals surface area contributed by atoms with Crippen LogP contribution in [0.1, 0.15) is 57.7 Å². The molecule has 0 saturated carbocycles. The summed E-state index contributed by atoms with van der Waals surface area (Å²) in [7, 11) is 1.66. The van der Waals surface area contributed by atoms with E-state index in [4.69, 9.17) is 9.72 Å². The van der Waals surface area contributed by atoms with Crippen LogP contribution >= 0.6 is 0 Å². The van der Waals surface area contributed by atoms with Crippen LogP contribution in [-0.4, -0.2) is 72.8 Å². The smallest absolute Gasteiger partial charge is 0.326 e. The predicted octanol–water partition coefficient (Wildman–Crippen LogP) is 2.72. The molecule has 0 radical (unpaired) electrons. The summed E-state index contributed by atoms with van der Waals surface area (Å²) >= 11 is 0. The van der Waals surface area contributed by atoms with Crippen molar-refractivity contribution in [3.05, 3.63) is 23.4 Å². The highest BCUT2D eigenvalue weighted by molar-refractivity contribution is 5.86. The van der Waals surface area contributed by atoms with Gasteiger partial charge in [0, 0.05) is 37.9 Å². The van der Waals surface area contributed by atoms with Gasteiger partial charge in [0.05, 0.1) is 6.61 Å². The summed E-state index contributed by atoms with van der Waals surface area (Å²) in [6.45, 7) is 9.09. The number of pyridine rings is 1. The number of methoxy groups -OCH3 is 1. The molecule has 1 atom stereocenters. The summed E-state index contributed by atoms with van der Waals surface area (Å²) in [5, 5.41) is 15.6. The molecule has 180 valence electrons. The molecule has 0 aliphatic carbocycles. The number of ether oxygens (including phenoxy) is 1. The minimum Gasteiger partial charge on any atom is -0.480 e. The number of hydrogen-bond donors (Lipinski definition) is 3. The maximum absolute atomic E-state index is 12.2. The fourth-order valence-electron chi connectivity index (χ4n) is 3.65. The molecule has 3 N–H and O–H groups in total. The number of carboxylic acids is 1. The molecule has 8 heteroatoms. The molecule has 0 bridgehead atoms. The number of nitrogens with zero attached hydrogens (tertiary/aromatic N) is 2. The average Bonchev–Trinajstić information content (AvgIpc) is 2.75. The van der Waals surface area contributed by atoms with Crippen LogP contribution in [-0.2, 0) is 27.2 Å². The molecule has 8 nitrogen and oxygen atoms in total. The van der Waals surface area contributed by atoms with Gasteiger partial charge in [0.2, 0.25) is 5.91 Å². The molecule has 1 aliphatic rings. The number of aromatic nitrogens is 1. The van der Waals surface area contributed by atoms with Crippen LogP contribution in [0.4, 0.5) is 5.82 Å². The van der Waals surface area contributed by atoms with Crippen LogP contribution in [0.5, 0.6) is 0 Å². The predicted molar refractivity (Wildman–Crippen MR) is 126 cm³/mol. The van der Waals surface area contributed by atoms with Gasteiger partial charge in [-0.25, -0.2) is 9.78 Å². The number of amides is 1. The van der Waals surface area contributed by atoms with E-state index in [9.17, 15) is 14.7 Å². The van der Waals surface area contributed by atoms with E-state index < -0.39 is 17.4 Å². The number of aliphatic carboxylic acids is 1. The van der Waals surface area contributed by atoms with Crippen LogP contribution in [0.25, 0.3) is 0 Å². The Bertz CT molecular complexity index is 748. The summed E-state index contributed by atoms with van der Waals surface area (Å²) in [6.07, 6.45) is 5.54. The van der Waals surface area contributed by atoms with Crippen molar-refractivity contribution in [1.29, 1.82) is 0 Å². The average molecular weight is 449 g/mol. The molecule has 1 aromatic heterocycles. The topological polar surface area (TPSA) is 104 Å². The number of unbranched alkanes of at least 4 members (excludes halogenated alkanes) is 1. The number of hydrogen-bond acceptors (Lipinski definition) is 6. The summed E-state index contributed by atoms with van der Waals surface area (Å²) in [5.74, 6) is -0.214. The lowest BCUT2D eigenvalue weighted by molar-refractivity contribution is -0.143. The Morgan fingerprint density at radius 2 is 2.03 bits per heavy atom. The van der Waals surface area contributed by atoms with Crippen LogP contribution in [0.2, 0.25) is 0 Å². The minimum absolute atomic E-state index is 0.250. The number of carboxylic acid groups (broad SMARTS) is 1. The molecular formula is C24H40N4O4. The van der Waals surface area contributed by atoms with Crippen molar-refractivity contribution >= 4 is 17.7 Å². The molecule has 0 saturated heterocycles. The molecule has 0 aromatic carbocycles. The molecule has 0 unspecified atom stereocenters. The molecule has 0 fully saturated rings. The zero-order valence-corrected chi connectivity index (χ0v) is 20.1. The Morgan fingerprint density at radius 1 is 1.25 bits per heavy atom. The van der Waals surface area contributed by atoms with Gasteiger partial charge in [-0.05, 0) is 56.7 Å². The summed E-state index contributed by atoms with van der Waals surface area (Å²) in [6, 6.07) is 3.43. The monoisotopic (exact) mass is 448 g/mol. The summed E-state index contributed by atoms with van der Waals surface area (Å²) in [4.78, 5) is 30.8. The van der Waals surface area contributed by atoms with Gasteiger partial charge >= 0.3 is 5.97 Å². The van der Waals surface area contributed by atoms with Crippen LogP contribution in [0.3, 0.4) is 0 Å². The molecule has 2 rings (SSSR count). The summed E-state index contributed by atoms with van der Waals surface area (Å²) < 4.78 is 5.22. The highest BCUT2D eigenvalue weighted by Gasteiger charge is 2.27.